The van der Waals surface area contributed by atoms with Crippen LogP contribution in [0.3, 0.4) is 0 Å². The van der Waals surface area contributed by atoms with Crippen molar-refractivity contribution in [2.24, 2.45) is 28.6 Å². The third kappa shape index (κ3) is 32.8. The highest BCUT2D eigenvalue weighted by Crippen LogP contribution is 2.71. The monoisotopic (exact) mass is 1350 g/mol. The molecule has 0 atom stereocenters. The molecule has 0 unspecified atom stereocenters. The summed E-state index contributed by atoms with van der Waals surface area (Å²) in [5, 5.41) is 2.71. The fourth-order valence-corrected chi connectivity index (χ4v) is 12.8. The van der Waals surface area contributed by atoms with Gasteiger partial charge in [0.15, 0.2) is 0 Å². The summed E-state index contributed by atoms with van der Waals surface area (Å²) < 4.78 is 24.2. The first-order valence-corrected chi connectivity index (χ1v) is 39.1. The van der Waals surface area contributed by atoms with Crippen LogP contribution in [0.5, 0.6) is 0 Å². The molecule has 4 aromatic carbocycles. The Labute approximate surface area is 602 Å². The number of hydrogen-bond acceptors (Lipinski definition) is 5. The molecule has 4 heterocycles. The summed E-state index contributed by atoms with van der Waals surface area (Å²) in [7, 11) is 4.15. The zero-order valence-electron chi connectivity index (χ0n) is 69.9. The third-order valence-electron chi connectivity index (χ3n) is 21.8. The molecule has 558 valence electrons. The Kier molecular flexibility index (Phi) is 37.1. The lowest BCUT2D eigenvalue weighted by molar-refractivity contribution is -0.181. The van der Waals surface area contributed by atoms with Crippen molar-refractivity contribution >= 4 is 10.8 Å². The predicted molar refractivity (Wildman–Crippen MR) is 430 cm³/mol. The Hall–Kier alpha value is -3.20. The number of likely N-dealkylation sites (tertiary alicyclic amines) is 4. The van der Waals surface area contributed by atoms with Gasteiger partial charge in [0.2, 0.25) is 0 Å². The highest BCUT2D eigenvalue weighted by molar-refractivity contribution is 5.86. The van der Waals surface area contributed by atoms with Crippen molar-refractivity contribution in [3.8, 4) is 0 Å². The van der Waals surface area contributed by atoms with E-state index in [2.05, 4.69) is 319 Å². The summed E-state index contributed by atoms with van der Waals surface area (Å²) >= 11 is 0. The summed E-state index contributed by atoms with van der Waals surface area (Å²) in [6.45, 7) is 75.3. The normalized spacial score (nSPS) is 20.3. The molecule has 4 saturated heterocycles. The van der Waals surface area contributed by atoms with E-state index >= 15 is 0 Å². The summed E-state index contributed by atoms with van der Waals surface area (Å²) in [5.41, 5.74) is 9.90. The molecular weight excluding hydrogens is 1190 g/mol. The number of hydrogen-bond donors (Lipinski definition) is 0. The van der Waals surface area contributed by atoms with Gasteiger partial charge in [0.1, 0.15) is 0 Å². The van der Waals surface area contributed by atoms with Crippen LogP contribution in [0.1, 0.15) is 318 Å². The number of nitrogens with zero attached hydrogens (tertiary/aromatic N) is 5. The van der Waals surface area contributed by atoms with E-state index < -0.39 is 5.92 Å². The average Bonchev–Trinajstić information content (AvgIpc) is 0.745. The molecule has 0 aromatic heterocycles. The van der Waals surface area contributed by atoms with Crippen molar-refractivity contribution in [2.75, 3.05) is 66.5 Å². The Bertz CT molecular complexity index is 2620. The molecule has 2 bridgehead atoms. The number of piperidine rings is 1. The summed E-state index contributed by atoms with van der Waals surface area (Å²) in [6, 6.07) is 35.6. The second kappa shape index (κ2) is 40.0. The van der Waals surface area contributed by atoms with Crippen molar-refractivity contribution in [3.05, 3.63) is 119 Å². The van der Waals surface area contributed by atoms with Crippen molar-refractivity contribution in [3.63, 3.8) is 0 Å². The average molecular weight is 1350 g/mol. The lowest BCUT2D eigenvalue weighted by atomic mass is 9.37. The smallest absolute Gasteiger partial charge is 0.272 e. The van der Waals surface area contributed by atoms with Gasteiger partial charge in [0, 0.05) is 29.7 Å². The molecule has 0 amide bonds. The molecular formula is C90H159F2N5. The van der Waals surface area contributed by atoms with Gasteiger partial charge in [0.05, 0.1) is 13.1 Å². The van der Waals surface area contributed by atoms with Gasteiger partial charge in [-0.25, -0.2) is 8.78 Å². The molecule has 4 aliphatic heterocycles. The fraction of sp³-hybridized carbons (Fsp3) is 0.756. The number of benzene rings is 4. The van der Waals surface area contributed by atoms with Crippen LogP contribution in [-0.4, -0.2) is 127 Å². The van der Waals surface area contributed by atoms with E-state index in [1.807, 2.05) is 13.8 Å². The van der Waals surface area contributed by atoms with Gasteiger partial charge < -0.3 is 14.7 Å². The third-order valence-corrected chi connectivity index (χ3v) is 21.8. The quantitative estimate of drug-likeness (QED) is 0.191. The van der Waals surface area contributed by atoms with Crippen LogP contribution in [0.15, 0.2) is 91.0 Å². The summed E-state index contributed by atoms with van der Waals surface area (Å²) in [4.78, 5) is 11.5. The van der Waals surface area contributed by atoms with Crippen LogP contribution in [0.2, 0.25) is 0 Å². The maximum Gasteiger partial charge on any atom is 0.272 e. The zero-order valence-corrected chi connectivity index (χ0v) is 69.9. The van der Waals surface area contributed by atoms with Crippen LogP contribution < -0.4 is 0 Å². The molecule has 8 aliphatic rings. The summed E-state index contributed by atoms with van der Waals surface area (Å²) in [6.07, 6.45) is 17.6. The van der Waals surface area contributed by atoms with Crippen LogP contribution >= 0.6 is 0 Å². The first kappa shape index (κ1) is 89.9. The van der Waals surface area contributed by atoms with Gasteiger partial charge >= 0.3 is 0 Å². The molecule has 7 heteroatoms. The van der Waals surface area contributed by atoms with Crippen LogP contribution in [0.25, 0.3) is 10.8 Å². The SMILES string of the molecule is CC(C)(C)C12CC(C1)C2.CC(C)(C)N1CCCCC1.CC(C)(C)c1ccc(C(C)(C)C)cc1.CC(C)(C)c1cccc2ccccc12.CC(C)C1CCC1.CC(C)N(C)C.CC(C)N1CC(F)(F)C1.CC(C)N1CCC1.CC(C)N1CCCC1.CC(C)c1ccc(C(C)(C)C)cc1. The minimum absolute atomic E-state index is 0.0509. The van der Waals surface area contributed by atoms with E-state index in [4.69, 9.17) is 0 Å². The minimum Gasteiger partial charge on any atom is -0.307 e. The number of rotatable bonds is 6. The maximum atomic E-state index is 12.1. The van der Waals surface area contributed by atoms with E-state index in [0.29, 0.717) is 22.9 Å². The molecule has 4 aromatic rings. The maximum absolute atomic E-state index is 12.1. The van der Waals surface area contributed by atoms with Crippen molar-refractivity contribution in [2.45, 2.75) is 348 Å². The lowest BCUT2D eigenvalue weighted by Gasteiger charge is -2.68. The molecule has 0 radical (unpaired) electrons. The van der Waals surface area contributed by atoms with Crippen LogP contribution in [0, 0.1) is 28.6 Å². The van der Waals surface area contributed by atoms with Gasteiger partial charge in [0.25, 0.3) is 5.92 Å². The molecule has 4 saturated carbocycles. The van der Waals surface area contributed by atoms with Crippen molar-refractivity contribution in [1.82, 2.24) is 24.5 Å². The van der Waals surface area contributed by atoms with E-state index in [-0.39, 0.29) is 40.8 Å². The molecule has 97 heavy (non-hydrogen) atoms. The second-order valence-corrected chi connectivity index (χ2v) is 38.3. The predicted octanol–water partition coefficient (Wildman–Crippen LogP) is 25.0. The topological polar surface area (TPSA) is 16.2 Å². The largest absolute Gasteiger partial charge is 0.307 e. The van der Waals surface area contributed by atoms with Gasteiger partial charge in [-0.05, 0) is 276 Å². The van der Waals surface area contributed by atoms with Crippen molar-refractivity contribution in [1.29, 1.82) is 0 Å². The van der Waals surface area contributed by atoms with Gasteiger partial charge in [-0.15, -0.1) is 0 Å². The molecule has 5 nitrogen and oxygen atoms in total. The van der Waals surface area contributed by atoms with E-state index in [0.717, 1.165) is 35.3 Å². The molecule has 12 rings (SSSR count). The Morgan fingerprint density at radius 3 is 1.01 bits per heavy atom. The molecule has 4 aliphatic carbocycles. The van der Waals surface area contributed by atoms with E-state index in [1.165, 1.54) is 155 Å². The zero-order chi connectivity index (χ0) is 74.3. The molecule has 8 fully saturated rings. The first-order valence-electron chi connectivity index (χ1n) is 39.1. The van der Waals surface area contributed by atoms with Crippen molar-refractivity contribution < 1.29 is 8.78 Å². The highest BCUT2D eigenvalue weighted by atomic mass is 19.3. The number of halogens is 2. The van der Waals surface area contributed by atoms with Gasteiger partial charge in [-0.3, -0.25) is 9.80 Å². The lowest BCUT2D eigenvalue weighted by Crippen LogP contribution is -2.58. The van der Waals surface area contributed by atoms with E-state index in [9.17, 15) is 8.78 Å². The molecule has 0 spiro atoms. The van der Waals surface area contributed by atoms with Gasteiger partial charge in [-0.2, -0.15) is 0 Å². The summed E-state index contributed by atoms with van der Waals surface area (Å²) in [5.74, 6) is 1.41. The van der Waals surface area contributed by atoms with Crippen LogP contribution in [-0.2, 0) is 21.7 Å². The van der Waals surface area contributed by atoms with E-state index in [1.54, 1.807) is 4.90 Å². The highest BCUT2D eigenvalue weighted by Gasteiger charge is 2.61. The molecule has 0 N–H and O–H groups in total. The standard InChI is InChI=1S/C14H16.C14H22.C13H20.C9H19N.C9H16.C7H15N.C7H14.C6H11F2N.C6H13N.C5H13N/c1-14(2,3)13-10-6-8-11-7-4-5-9-12(11)13;1-13(2,3)11-7-9-12(10-8-11)14(4,5)6;1-10(2)11-6-8-12(9-7-11)13(3,4)5;1-9(2,3)10-7-5-4-6-8-10;1-8(2,3)9-4-7(5-9)6-9;1-7(2)8-5-3-4-6-8;1-6(2)7-4-3-5-7;1-5(2)9-3-6(7,8)4-9;1-6(2)7-4-3-5-7;1-5(2)6(3)4/h4-10H,1-3H3;7-10H,1-6H3;6-10H,1-5H3;4-8H2,1-3H3;7H,4-6H2,1-3H3;7H,3-6H2,1-2H3;6-7H,3-5H2,1-2H3;5H,3-4H2,1-2H3;6H,3-5H2,1-2H3;5H,1-4H3. The van der Waals surface area contributed by atoms with Crippen LogP contribution in [0.4, 0.5) is 8.78 Å². The number of alkyl halides is 2. The minimum atomic E-state index is -2.40. The Balaban J connectivity index is 0.000000371. The fourth-order valence-electron chi connectivity index (χ4n) is 12.8. The van der Waals surface area contributed by atoms with Gasteiger partial charge in [-0.1, -0.05) is 248 Å². The second-order valence-electron chi connectivity index (χ2n) is 38.3. The first-order chi connectivity index (χ1) is 44.4. The number of fused-ring (bicyclic) bond motifs is 1. The Morgan fingerprint density at radius 1 is 0.423 bits per heavy atom. The Morgan fingerprint density at radius 2 is 0.794 bits per heavy atom.